The van der Waals surface area contributed by atoms with Crippen LogP contribution in [0.2, 0.25) is 5.02 Å². The quantitative estimate of drug-likeness (QED) is 0.930. The molecule has 0 amide bonds. The second-order valence-corrected chi connectivity index (χ2v) is 5.52. The average molecular weight is 335 g/mol. The van der Waals surface area contributed by atoms with Gasteiger partial charge in [-0.05, 0) is 25.2 Å². The molecule has 1 heterocycles. The lowest BCUT2D eigenvalue weighted by atomic mass is 10.3. The summed E-state index contributed by atoms with van der Waals surface area (Å²) in [6, 6.07) is 5.41. The van der Waals surface area contributed by atoms with Gasteiger partial charge in [-0.25, -0.2) is 0 Å². The van der Waals surface area contributed by atoms with Crippen molar-refractivity contribution in [1.29, 1.82) is 0 Å². The van der Waals surface area contributed by atoms with E-state index in [-0.39, 0.29) is 0 Å². The van der Waals surface area contributed by atoms with E-state index in [0.29, 0.717) is 22.5 Å². The largest absolute Gasteiger partial charge is 0.428 e. The van der Waals surface area contributed by atoms with Gasteiger partial charge in [0, 0.05) is 11.0 Å². The zero-order valence-electron chi connectivity index (χ0n) is 8.91. The van der Waals surface area contributed by atoms with Crippen LogP contribution in [0.25, 0.3) is 0 Å². The van der Waals surface area contributed by atoms with Crippen molar-refractivity contribution in [3.8, 4) is 10.9 Å². The molecule has 0 aliphatic rings. The molecule has 2 rings (SSSR count). The van der Waals surface area contributed by atoms with Crippen LogP contribution in [0.15, 0.2) is 22.7 Å². The highest BCUT2D eigenvalue weighted by atomic mass is 79.9. The van der Waals surface area contributed by atoms with Crippen molar-refractivity contribution >= 4 is 38.9 Å². The van der Waals surface area contributed by atoms with Crippen LogP contribution in [0.5, 0.6) is 10.9 Å². The fourth-order valence-electron chi connectivity index (χ4n) is 1.15. The van der Waals surface area contributed by atoms with E-state index in [0.717, 1.165) is 9.48 Å². The SMILES string of the molecule is CNCc1nnc(Oc2ccc(Br)cc2Cl)s1. The van der Waals surface area contributed by atoms with Crippen LogP contribution in [0, 0.1) is 0 Å². The Morgan fingerprint density at radius 2 is 2.29 bits per heavy atom. The number of aromatic nitrogens is 2. The molecule has 0 spiro atoms. The second kappa shape index (κ2) is 5.77. The third kappa shape index (κ3) is 3.38. The van der Waals surface area contributed by atoms with Gasteiger partial charge >= 0.3 is 0 Å². The highest BCUT2D eigenvalue weighted by Crippen LogP contribution is 2.32. The Hall–Kier alpha value is -0.690. The Bertz CT molecular complexity index is 520. The monoisotopic (exact) mass is 333 g/mol. The Morgan fingerprint density at radius 1 is 1.47 bits per heavy atom. The van der Waals surface area contributed by atoms with E-state index in [1.807, 2.05) is 13.1 Å². The topological polar surface area (TPSA) is 47.0 Å². The smallest absolute Gasteiger partial charge is 0.299 e. The van der Waals surface area contributed by atoms with Crippen LogP contribution >= 0.6 is 38.9 Å². The Morgan fingerprint density at radius 3 is 3.00 bits per heavy atom. The molecule has 0 fully saturated rings. The molecule has 0 bridgehead atoms. The number of benzene rings is 1. The molecule has 0 aliphatic carbocycles. The van der Waals surface area contributed by atoms with Crippen molar-refractivity contribution in [1.82, 2.24) is 15.5 Å². The maximum absolute atomic E-state index is 6.04. The molecule has 0 saturated carbocycles. The van der Waals surface area contributed by atoms with E-state index in [1.54, 1.807) is 12.1 Å². The molecule has 7 heteroatoms. The summed E-state index contributed by atoms with van der Waals surface area (Å²) in [5.41, 5.74) is 0. The molecule has 17 heavy (non-hydrogen) atoms. The molecule has 0 aliphatic heterocycles. The Balaban J connectivity index is 2.13. The van der Waals surface area contributed by atoms with Gasteiger partial charge in [-0.2, -0.15) is 0 Å². The van der Waals surface area contributed by atoms with Crippen molar-refractivity contribution in [2.75, 3.05) is 7.05 Å². The van der Waals surface area contributed by atoms with Crippen molar-refractivity contribution in [3.63, 3.8) is 0 Å². The molecule has 0 radical (unpaired) electrons. The van der Waals surface area contributed by atoms with Crippen LogP contribution in [0.1, 0.15) is 5.01 Å². The molecule has 90 valence electrons. The standard InChI is InChI=1S/C10H9BrClN3OS/c1-13-5-9-14-15-10(17-9)16-8-3-2-6(11)4-7(8)12/h2-4,13H,5H2,1H3. The first-order chi connectivity index (χ1) is 8.19. The Labute approximate surface area is 116 Å². The lowest BCUT2D eigenvalue weighted by molar-refractivity contribution is 0.473. The predicted octanol–water partition coefficient (Wildman–Crippen LogP) is 3.47. The summed E-state index contributed by atoms with van der Waals surface area (Å²) in [6.07, 6.45) is 0. The van der Waals surface area contributed by atoms with Crippen molar-refractivity contribution < 1.29 is 4.74 Å². The van der Waals surface area contributed by atoms with Gasteiger partial charge in [0.05, 0.1) is 5.02 Å². The van der Waals surface area contributed by atoms with Gasteiger partial charge in [0.1, 0.15) is 10.8 Å². The summed E-state index contributed by atoms with van der Waals surface area (Å²) < 4.78 is 6.46. The molecule has 1 aromatic carbocycles. The maximum Gasteiger partial charge on any atom is 0.299 e. The number of rotatable bonds is 4. The van der Waals surface area contributed by atoms with E-state index < -0.39 is 0 Å². The predicted molar refractivity (Wildman–Crippen MR) is 71.9 cm³/mol. The van der Waals surface area contributed by atoms with Crippen LogP contribution in [0.4, 0.5) is 0 Å². The molecular weight excluding hydrogens is 326 g/mol. The van der Waals surface area contributed by atoms with Crippen LogP contribution in [-0.4, -0.2) is 17.2 Å². The number of ether oxygens (including phenoxy) is 1. The van der Waals surface area contributed by atoms with E-state index in [4.69, 9.17) is 16.3 Å². The zero-order valence-corrected chi connectivity index (χ0v) is 12.1. The summed E-state index contributed by atoms with van der Waals surface area (Å²) in [4.78, 5) is 0. The summed E-state index contributed by atoms with van der Waals surface area (Å²) in [6.45, 7) is 0.676. The molecule has 1 N–H and O–H groups in total. The first kappa shape index (κ1) is 12.8. The van der Waals surface area contributed by atoms with Crippen molar-refractivity contribution in [2.45, 2.75) is 6.54 Å². The third-order valence-electron chi connectivity index (χ3n) is 1.87. The van der Waals surface area contributed by atoms with Gasteiger partial charge < -0.3 is 10.1 Å². The van der Waals surface area contributed by atoms with Gasteiger partial charge in [-0.15, -0.1) is 5.10 Å². The highest BCUT2D eigenvalue weighted by molar-refractivity contribution is 9.10. The van der Waals surface area contributed by atoms with E-state index in [1.165, 1.54) is 11.3 Å². The number of halogens is 2. The van der Waals surface area contributed by atoms with Gasteiger partial charge in [0.15, 0.2) is 0 Å². The fraction of sp³-hybridized carbons (Fsp3) is 0.200. The molecule has 1 aromatic heterocycles. The molecule has 0 saturated heterocycles. The van der Waals surface area contributed by atoms with Gasteiger partial charge in [-0.1, -0.05) is 44.0 Å². The summed E-state index contributed by atoms with van der Waals surface area (Å²) in [7, 11) is 1.85. The first-order valence-electron chi connectivity index (χ1n) is 4.79. The van der Waals surface area contributed by atoms with Crippen LogP contribution in [-0.2, 0) is 6.54 Å². The number of hydrogen-bond acceptors (Lipinski definition) is 5. The molecule has 0 unspecified atom stereocenters. The first-order valence-corrected chi connectivity index (χ1v) is 6.77. The number of nitrogens with one attached hydrogen (secondary N) is 1. The van der Waals surface area contributed by atoms with Crippen LogP contribution < -0.4 is 10.1 Å². The van der Waals surface area contributed by atoms with Gasteiger partial charge in [0.2, 0.25) is 0 Å². The maximum atomic E-state index is 6.04. The lowest BCUT2D eigenvalue weighted by Gasteiger charge is -2.03. The van der Waals surface area contributed by atoms with E-state index in [2.05, 4.69) is 31.4 Å². The second-order valence-electron chi connectivity index (χ2n) is 3.17. The van der Waals surface area contributed by atoms with E-state index in [9.17, 15) is 0 Å². The molecule has 2 aromatic rings. The van der Waals surface area contributed by atoms with Crippen molar-refractivity contribution in [2.24, 2.45) is 0 Å². The zero-order chi connectivity index (χ0) is 12.3. The van der Waals surface area contributed by atoms with Gasteiger partial charge in [0.25, 0.3) is 5.19 Å². The normalized spacial score (nSPS) is 10.5. The minimum absolute atomic E-state index is 0.486. The summed E-state index contributed by atoms with van der Waals surface area (Å²) in [5, 5.41) is 12.8. The third-order valence-corrected chi connectivity index (χ3v) is 3.46. The minimum atomic E-state index is 0.486. The molecule has 4 nitrogen and oxygen atoms in total. The number of hydrogen-bond donors (Lipinski definition) is 1. The summed E-state index contributed by atoms with van der Waals surface area (Å²) in [5.74, 6) is 0.571. The highest BCUT2D eigenvalue weighted by Gasteiger charge is 2.08. The Kier molecular flexibility index (Phi) is 4.33. The minimum Gasteiger partial charge on any atom is -0.428 e. The average Bonchev–Trinajstić information content (AvgIpc) is 2.71. The molecular formula is C10H9BrClN3OS. The van der Waals surface area contributed by atoms with Gasteiger partial charge in [-0.3, -0.25) is 0 Å². The van der Waals surface area contributed by atoms with Crippen molar-refractivity contribution in [3.05, 3.63) is 32.7 Å². The lowest BCUT2D eigenvalue weighted by Crippen LogP contribution is -2.04. The fourth-order valence-corrected chi connectivity index (χ4v) is 2.58. The molecule has 0 atom stereocenters. The number of nitrogens with zero attached hydrogens (tertiary/aromatic N) is 2. The van der Waals surface area contributed by atoms with Crippen LogP contribution in [0.3, 0.4) is 0 Å². The summed E-state index contributed by atoms with van der Waals surface area (Å²) >= 11 is 10.8. The van der Waals surface area contributed by atoms with E-state index >= 15 is 0 Å².